The van der Waals surface area contributed by atoms with Gasteiger partial charge in [-0.1, -0.05) is 6.07 Å². The highest BCUT2D eigenvalue weighted by Gasteiger charge is 2.16. The van der Waals surface area contributed by atoms with E-state index in [1.165, 1.54) is 0 Å². The molecule has 0 saturated heterocycles. The van der Waals surface area contributed by atoms with Crippen molar-refractivity contribution in [2.45, 2.75) is 19.9 Å². The molecule has 0 bridgehead atoms. The van der Waals surface area contributed by atoms with E-state index in [9.17, 15) is 9.59 Å². The maximum absolute atomic E-state index is 11.9. The fourth-order valence-electron chi connectivity index (χ4n) is 1.92. The lowest BCUT2D eigenvalue weighted by atomic mass is 10.2. The van der Waals surface area contributed by atoms with E-state index in [0.717, 1.165) is 5.69 Å². The van der Waals surface area contributed by atoms with Crippen molar-refractivity contribution in [1.29, 1.82) is 0 Å². The molecule has 7 nitrogen and oxygen atoms in total. The van der Waals surface area contributed by atoms with Crippen LogP contribution in [0.2, 0.25) is 0 Å². The summed E-state index contributed by atoms with van der Waals surface area (Å²) in [4.78, 5) is 29.8. The molecule has 21 heavy (non-hydrogen) atoms. The molecular formula is C14H16N4O3. The molecule has 1 atom stereocenters. The van der Waals surface area contributed by atoms with E-state index in [2.05, 4.69) is 20.6 Å². The minimum Gasteiger partial charge on any atom is -0.477 e. The zero-order valence-electron chi connectivity index (χ0n) is 11.7. The van der Waals surface area contributed by atoms with Crippen molar-refractivity contribution in [3.63, 3.8) is 0 Å². The lowest BCUT2D eigenvalue weighted by molar-refractivity contribution is 0.0692. The number of hydrogen-bond donors (Lipinski definition) is 4. The number of pyridine rings is 1. The Kier molecular flexibility index (Phi) is 4.22. The Morgan fingerprint density at radius 3 is 2.76 bits per heavy atom. The zero-order chi connectivity index (χ0) is 15.4. The molecule has 0 spiro atoms. The lowest BCUT2D eigenvalue weighted by Crippen LogP contribution is -2.31. The molecule has 0 aliphatic heterocycles. The summed E-state index contributed by atoms with van der Waals surface area (Å²) in [5.41, 5.74) is 1.55. The highest BCUT2D eigenvalue weighted by molar-refractivity contribution is 5.99. The minimum atomic E-state index is -1.13. The van der Waals surface area contributed by atoms with Crippen molar-refractivity contribution in [3.8, 4) is 0 Å². The van der Waals surface area contributed by atoms with Gasteiger partial charge in [-0.25, -0.2) is 9.59 Å². The number of rotatable bonds is 4. The maximum atomic E-state index is 11.9. The van der Waals surface area contributed by atoms with Crippen LogP contribution in [-0.4, -0.2) is 27.1 Å². The normalized spacial score (nSPS) is 11.7. The number of aromatic amines is 1. The van der Waals surface area contributed by atoms with Crippen molar-refractivity contribution >= 4 is 17.7 Å². The van der Waals surface area contributed by atoms with Gasteiger partial charge in [0, 0.05) is 11.9 Å². The van der Waals surface area contributed by atoms with Crippen LogP contribution < -0.4 is 10.6 Å². The van der Waals surface area contributed by atoms with Crippen LogP contribution in [-0.2, 0) is 0 Å². The molecule has 2 aromatic heterocycles. The quantitative estimate of drug-likeness (QED) is 0.692. The number of nitrogens with one attached hydrogen (secondary N) is 3. The second-order valence-corrected chi connectivity index (χ2v) is 4.62. The van der Waals surface area contributed by atoms with Gasteiger partial charge in [0.1, 0.15) is 5.69 Å². The highest BCUT2D eigenvalue weighted by atomic mass is 16.4. The summed E-state index contributed by atoms with van der Waals surface area (Å²) < 4.78 is 0. The van der Waals surface area contributed by atoms with E-state index < -0.39 is 12.0 Å². The number of carbonyl (C=O) groups excluding carboxylic acids is 1. The smallest absolute Gasteiger partial charge is 0.354 e. The van der Waals surface area contributed by atoms with Crippen LogP contribution in [0.4, 0.5) is 10.5 Å². The summed E-state index contributed by atoms with van der Waals surface area (Å²) in [5, 5.41) is 14.3. The van der Waals surface area contributed by atoms with Crippen LogP contribution >= 0.6 is 0 Å². The van der Waals surface area contributed by atoms with Crippen LogP contribution in [0.5, 0.6) is 0 Å². The number of aryl methyl sites for hydroxylation is 1. The number of carbonyl (C=O) groups is 2. The molecule has 2 aromatic rings. The zero-order valence-corrected chi connectivity index (χ0v) is 11.7. The molecule has 2 heterocycles. The minimum absolute atomic E-state index is 0.0480. The molecule has 7 heteroatoms. The number of hydrogen-bond acceptors (Lipinski definition) is 3. The maximum Gasteiger partial charge on any atom is 0.354 e. The fourth-order valence-corrected chi connectivity index (χ4v) is 1.92. The molecule has 0 saturated carbocycles. The van der Waals surface area contributed by atoms with Crippen molar-refractivity contribution in [2.24, 2.45) is 0 Å². The number of anilines is 1. The van der Waals surface area contributed by atoms with E-state index in [-0.39, 0.29) is 17.4 Å². The van der Waals surface area contributed by atoms with Crippen LogP contribution in [0.3, 0.4) is 0 Å². The predicted molar refractivity (Wildman–Crippen MR) is 77.3 cm³/mol. The van der Waals surface area contributed by atoms with Crippen molar-refractivity contribution < 1.29 is 14.7 Å². The monoisotopic (exact) mass is 288 g/mol. The number of carboxylic acid groups (broad SMARTS) is 1. The molecule has 1 unspecified atom stereocenters. The molecule has 0 radical (unpaired) electrons. The predicted octanol–water partition coefficient (Wildman–Crippen LogP) is 2.30. The Hall–Kier alpha value is -2.83. The summed E-state index contributed by atoms with van der Waals surface area (Å²) in [5.74, 6) is -1.13. The first-order valence-corrected chi connectivity index (χ1v) is 6.38. The summed E-state index contributed by atoms with van der Waals surface area (Å²) in [7, 11) is 0. The van der Waals surface area contributed by atoms with E-state index in [4.69, 9.17) is 5.11 Å². The first-order chi connectivity index (χ1) is 9.97. The van der Waals surface area contributed by atoms with Gasteiger partial charge in [-0.05, 0) is 32.0 Å². The van der Waals surface area contributed by atoms with Gasteiger partial charge < -0.3 is 20.7 Å². The topological polar surface area (TPSA) is 107 Å². The van der Waals surface area contributed by atoms with Gasteiger partial charge in [-0.15, -0.1) is 0 Å². The van der Waals surface area contributed by atoms with Crippen LogP contribution in [0, 0.1) is 6.92 Å². The number of carboxylic acids is 1. The first kappa shape index (κ1) is 14.6. The van der Waals surface area contributed by atoms with Crippen LogP contribution in [0.1, 0.15) is 34.8 Å². The first-order valence-electron chi connectivity index (χ1n) is 6.38. The number of nitrogens with zero attached hydrogens (tertiary/aromatic N) is 1. The summed E-state index contributed by atoms with van der Waals surface area (Å²) >= 11 is 0. The van der Waals surface area contributed by atoms with Crippen LogP contribution in [0.15, 0.2) is 30.5 Å². The summed E-state index contributed by atoms with van der Waals surface area (Å²) in [6.07, 6.45) is 1.64. The molecule has 4 N–H and O–H groups in total. The molecule has 2 amide bonds. The Balaban J connectivity index is 2.04. The number of H-pyrrole nitrogens is 1. The largest absolute Gasteiger partial charge is 0.477 e. The molecular weight excluding hydrogens is 272 g/mol. The van der Waals surface area contributed by atoms with Gasteiger partial charge in [0.05, 0.1) is 17.4 Å². The molecule has 0 aliphatic rings. The fraction of sp³-hybridized carbons (Fsp3) is 0.214. The summed E-state index contributed by atoms with van der Waals surface area (Å²) in [6.45, 7) is 3.51. The lowest BCUT2D eigenvalue weighted by Gasteiger charge is -2.13. The molecule has 0 fully saturated rings. The molecule has 0 aliphatic carbocycles. The van der Waals surface area contributed by atoms with Crippen molar-refractivity contribution in [3.05, 3.63) is 47.5 Å². The van der Waals surface area contributed by atoms with Gasteiger partial charge in [0.2, 0.25) is 0 Å². The Morgan fingerprint density at radius 1 is 1.38 bits per heavy atom. The van der Waals surface area contributed by atoms with Gasteiger partial charge in [0.15, 0.2) is 0 Å². The van der Waals surface area contributed by atoms with E-state index in [1.807, 2.05) is 6.07 Å². The average molecular weight is 288 g/mol. The molecule has 0 aromatic carbocycles. The highest BCUT2D eigenvalue weighted by Crippen LogP contribution is 2.17. The Labute approximate surface area is 121 Å². The Morgan fingerprint density at radius 2 is 2.14 bits per heavy atom. The standard InChI is InChI=1S/C14H16N4O3/c1-8-7-11(12(16-8)13(19)20)18-14(21)17-9(2)10-5-3-4-6-15-10/h3-7,9,16H,1-2H3,(H,19,20)(H2,17,18,21). The van der Waals surface area contributed by atoms with E-state index >= 15 is 0 Å². The molecule has 110 valence electrons. The van der Waals surface area contributed by atoms with Crippen LogP contribution in [0.25, 0.3) is 0 Å². The average Bonchev–Trinajstić information content (AvgIpc) is 2.80. The van der Waals surface area contributed by atoms with E-state index in [0.29, 0.717) is 5.69 Å². The third-order valence-electron chi connectivity index (χ3n) is 2.89. The number of amides is 2. The third kappa shape index (κ3) is 3.59. The van der Waals surface area contributed by atoms with Gasteiger partial charge in [-0.3, -0.25) is 4.98 Å². The summed E-state index contributed by atoms with van der Waals surface area (Å²) in [6, 6.07) is 6.20. The number of aromatic nitrogens is 2. The number of aromatic carboxylic acids is 1. The van der Waals surface area contributed by atoms with Crippen molar-refractivity contribution in [2.75, 3.05) is 5.32 Å². The van der Waals surface area contributed by atoms with Gasteiger partial charge >= 0.3 is 12.0 Å². The van der Waals surface area contributed by atoms with E-state index in [1.54, 1.807) is 38.2 Å². The second-order valence-electron chi connectivity index (χ2n) is 4.62. The SMILES string of the molecule is Cc1cc(NC(=O)NC(C)c2ccccn2)c(C(=O)O)[nH]1. The second kappa shape index (κ2) is 6.08. The number of urea groups is 1. The van der Waals surface area contributed by atoms with Gasteiger partial charge in [0.25, 0.3) is 0 Å². The van der Waals surface area contributed by atoms with Gasteiger partial charge in [-0.2, -0.15) is 0 Å². The molecule has 2 rings (SSSR count). The Bertz CT molecular complexity index is 651. The van der Waals surface area contributed by atoms with Crippen molar-refractivity contribution in [1.82, 2.24) is 15.3 Å². The third-order valence-corrected chi connectivity index (χ3v) is 2.89.